The molecule has 5 nitrogen and oxygen atoms in total. The Morgan fingerprint density at radius 1 is 1.50 bits per heavy atom. The van der Waals surface area contributed by atoms with E-state index in [-0.39, 0.29) is 6.09 Å². The van der Waals surface area contributed by atoms with Gasteiger partial charge in [0, 0.05) is 19.3 Å². The van der Waals surface area contributed by atoms with Gasteiger partial charge in [-0.05, 0) is 55.5 Å². The molecule has 0 saturated carbocycles. The predicted molar refractivity (Wildman–Crippen MR) is 79.4 cm³/mol. The molecular formula is C14H20BrN3O2. The van der Waals surface area contributed by atoms with Crippen molar-refractivity contribution in [2.75, 3.05) is 13.1 Å². The Bertz CT molecular complexity index is 488. The summed E-state index contributed by atoms with van der Waals surface area (Å²) in [6.07, 6.45) is 5.05. The molecule has 0 aromatic carbocycles. The summed E-state index contributed by atoms with van der Waals surface area (Å²) < 4.78 is 6.14. The first kappa shape index (κ1) is 15.2. The van der Waals surface area contributed by atoms with Crippen molar-refractivity contribution in [3.63, 3.8) is 0 Å². The van der Waals surface area contributed by atoms with E-state index >= 15 is 0 Å². The molecule has 0 spiro atoms. The van der Waals surface area contributed by atoms with Gasteiger partial charge in [0.25, 0.3) is 0 Å². The van der Waals surface area contributed by atoms with Gasteiger partial charge >= 0.3 is 6.09 Å². The molecule has 0 aliphatic carbocycles. The molecule has 0 bridgehead atoms. The third-order valence-corrected chi connectivity index (χ3v) is 3.47. The molecule has 1 atom stereocenters. The van der Waals surface area contributed by atoms with E-state index in [0.717, 1.165) is 36.2 Å². The number of nitrogens with zero attached hydrogens (tertiary/aromatic N) is 3. The maximum atomic E-state index is 12.0. The van der Waals surface area contributed by atoms with Crippen molar-refractivity contribution in [2.45, 2.75) is 39.2 Å². The molecular weight excluding hydrogens is 322 g/mol. The van der Waals surface area contributed by atoms with Crippen LogP contribution >= 0.6 is 15.9 Å². The van der Waals surface area contributed by atoms with Crippen LogP contribution in [0.4, 0.5) is 4.79 Å². The van der Waals surface area contributed by atoms with Crippen LogP contribution in [0, 0.1) is 5.92 Å². The molecule has 2 rings (SSSR count). The number of carbonyl (C=O) groups excluding carboxylic acids is 1. The van der Waals surface area contributed by atoms with Crippen LogP contribution in [-0.4, -0.2) is 39.7 Å². The van der Waals surface area contributed by atoms with Crippen molar-refractivity contribution in [3.8, 4) is 0 Å². The molecule has 6 heteroatoms. The summed E-state index contributed by atoms with van der Waals surface area (Å²) >= 11 is 3.32. The minimum atomic E-state index is -0.440. The highest BCUT2D eigenvalue weighted by Gasteiger charge is 2.29. The SMILES string of the molecule is CC(C)(C)OC(=O)N1CC[C@H](Cc2cncc(Br)n2)C1. The maximum absolute atomic E-state index is 12.0. The van der Waals surface area contributed by atoms with Crippen LogP contribution in [0.1, 0.15) is 32.9 Å². The summed E-state index contributed by atoms with van der Waals surface area (Å²) in [5, 5.41) is 0. The molecule has 0 unspecified atom stereocenters. The van der Waals surface area contributed by atoms with Crippen molar-refractivity contribution in [1.82, 2.24) is 14.9 Å². The molecule has 1 saturated heterocycles. The van der Waals surface area contributed by atoms with E-state index in [1.54, 1.807) is 17.3 Å². The van der Waals surface area contributed by atoms with E-state index in [1.807, 2.05) is 20.8 Å². The number of carbonyl (C=O) groups is 1. The van der Waals surface area contributed by atoms with Crippen molar-refractivity contribution >= 4 is 22.0 Å². The smallest absolute Gasteiger partial charge is 0.410 e. The fourth-order valence-electron chi connectivity index (χ4n) is 2.27. The number of rotatable bonds is 2. The lowest BCUT2D eigenvalue weighted by atomic mass is 10.0. The quantitative estimate of drug-likeness (QED) is 0.829. The Morgan fingerprint density at radius 2 is 2.25 bits per heavy atom. The first-order valence-electron chi connectivity index (χ1n) is 6.78. The molecule has 2 heterocycles. The average Bonchev–Trinajstić information content (AvgIpc) is 2.75. The van der Waals surface area contributed by atoms with Crippen molar-refractivity contribution in [3.05, 3.63) is 22.7 Å². The monoisotopic (exact) mass is 341 g/mol. The van der Waals surface area contributed by atoms with Gasteiger partial charge in [-0.15, -0.1) is 0 Å². The van der Waals surface area contributed by atoms with Crippen LogP contribution in [0.15, 0.2) is 17.0 Å². The number of hydrogen-bond donors (Lipinski definition) is 0. The zero-order valence-electron chi connectivity index (χ0n) is 12.1. The number of amides is 1. The standard InChI is InChI=1S/C14H20BrN3O2/c1-14(2,3)20-13(19)18-5-4-10(9-18)6-11-7-16-8-12(15)17-11/h7-8,10H,4-6,9H2,1-3H3/t10-/m1/s1. The number of hydrogen-bond acceptors (Lipinski definition) is 4. The molecule has 1 aliphatic rings. The predicted octanol–water partition coefficient (Wildman–Crippen LogP) is 3.04. The summed E-state index contributed by atoms with van der Waals surface area (Å²) in [6, 6.07) is 0. The molecule has 1 aliphatic heterocycles. The van der Waals surface area contributed by atoms with Gasteiger partial charge in [-0.3, -0.25) is 4.98 Å². The zero-order chi connectivity index (χ0) is 14.8. The second-order valence-corrected chi connectivity index (χ2v) is 6.93. The van der Waals surface area contributed by atoms with Gasteiger partial charge in [-0.25, -0.2) is 9.78 Å². The molecule has 110 valence electrons. The summed E-state index contributed by atoms with van der Waals surface area (Å²) in [4.78, 5) is 22.3. The average molecular weight is 342 g/mol. The van der Waals surface area contributed by atoms with Gasteiger partial charge in [0.1, 0.15) is 10.2 Å². The van der Waals surface area contributed by atoms with Crippen LogP contribution in [0.2, 0.25) is 0 Å². The first-order valence-corrected chi connectivity index (χ1v) is 7.57. The molecule has 20 heavy (non-hydrogen) atoms. The number of aromatic nitrogens is 2. The second kappa shape index (κ2) is 6.08. The molecule has 1 aromatic rings. The highest BCUT2D eigenvalue weighted by molar-refractivity contribution is 9.10. The normalized spacial score (nSPS) is 19.2. The first-order chi connectivity index (χ1) is 9.33. The van der Waals surface area contributed by atoms with Crippen LogP contribution in [0.5, 0.6) is 0 Å². The van der Waals surface area contributed by atoms with Crippen molar-refractivity contribution < 1.29 is 9.53 Å². The Balaban J connectivity index is 1.88. The molecule has 0 N–H and O–H groups in total. The van der Waals surface area contributed by atoms with Crippen LogP contribution < -0.4 is 0 Å². The summed E-state index contributed by atoms with van der Waals surface area (Å²) in [5.74, 6) is 0.422. The third kappa shape index (κ3) is 4.44. The summed E-state index contributed by atoms with van der Waals surface area (Å²) in [6.45, 7) is 7.13. The fraction of sp³-hybridized carbons (Fsp3) is 0.643. The number of likely N-dealkylation sites (tertiary alicyclic amines) is 1. The zero-order valence-corrected chi connectivity index (χ0v) is 13.7. The molecule has 1 fully saturated rings. The van der Waals surface area contributed by atoms with E-state index in [9.17, 15) is 4.79 Å². The Labute approximate surface area is 127 Å². The summed E-state index contributed by atoms with van der Waals surface area (Å²) in [5.41, 5.74) is 0.515. The van der Waals surface area contributed by atoms with Gasteiger partial charge in [-0.2, -0.15) is 0 Å². The van der Waals surface area contributed by atoms with Gasteiger partial charge in [-0.1, -0.05) is 0 Å². The minimum Gasteiger partial charge on any atom is -0.444 e. The topological polar surface area (TPSA) is 55.3 Å². The van der Waals surface area contributed by atoms with E-state index in [0.29, 0.717) is 5.92 Å². The molecule has 1 aromatic heterocycles. The highest BCUT2D eigenvalue weighted by Crippen LogP contribution is 2.22. The van der Waals surface area contributed by atoms with Gasteiger partial charge < -0.3 is 9.64 Å². The van der Waals surface area contributed by atoms with Crippen LogP contribution in [0.3, 0.4) is 0 Å². The maximum Gasteiger partial charge on any atom is 0.410 e. The van der Waals surface area contributed by atoms with E-state index in [2.05, 4.69) is 25.9 Å². The van der Waals surface area contributed by atoms with E-state index in [1.165, 1.54) is 0 Å². The lowest BCUT2D eigenvalue weighted by Gasteiger charge is -2.24. The third-order valence-electron chi connectivity index (χ3n) is 3.09. The van der Waals surface area contributed by atoms with E-state index < -0.39 is 5.60 Å². The Kier molecular flexibility index (Phi) is 4.62. The van der Waals surface area contributed by atoms with Crippen molar-refractivity contribution in [2.24, 2.45) is 5.92 Å². The lowest BCUT2D eigenvalue weighted by Crippen LogP contribution is -2.35. The second-order valence-electron chi connectivity index (χ2n) is 6.12. The number of halogens is 1. The molecule has 0 radical (unpaired) electrons. The highest BCUT2D eigenvalue weighted by atomic mass is 79.9. The van der Waals surface area contributed by atoms with Crippen molar-refractivity contribution in [1.29, 1.82) is 0 Å². The summed E-state index contributed by atoms with van der Waals surface area (Å²) in [7, 11) is 0. The van der Waals surface area contributed by atoms with E-state index in [4.69, 9.17) is 4.74 Å². The van der Waals surface area contributed by atoms with Gasteiger partial charge in [0.2, 0.25) is 0 Å². The number of ether oxygens (including phenoxy) is 1. The fourth-order valence-corrected chi connectivity index (χ4v) is 2.61. The molecule has 1 amide bonds. The van der Waals surface area contributed by atoms with Gasteiger partial charge in [0.05, 0.1) is 11.9 Å². The van der Waals surface area contributed by atoms with Crippen LogP contribution in [-0.2, 0) is 11.2 Å². The van der Waals surface area contributed by atoms with Gasteiger partial charge in [0.15, 0.2) is 0 Å². The Hall–Kier alpha value is -1.17. The largest absolute Gasteiger partial charge is 0.444 e. The lowest BCUT2D eigenvalue weighted by molar-refractivity contribution is 0.0288. The minimum absolute atomic E-state index is 0.222. The van der Waals surface area contributed by atoms with Crippen LogP contribution in [0.25, 0.3) is 0 Å². The Morgan fingerprint density at radius 3 is 2.90 bits per heavy atom.